The molecule has 0 saturated heterocycles. The van der Waals surface area contributed by atoms with Crippen molar-refractivity contribution in [2.45, 2.75) is 10.4 Å². The van der Waals surface area contributed by atoms with Crippen LogP contribution in [0.5, 0.6) is 0 Å². The molecule has 0 N–H and O–H groups in total. The molecular formula is C43H39ClO4P2Rh. The van der Waals surface area contributed by atoms with E-state index in [9.17, 15) is 14.0 Å². The Morgan fingerprint density at radius 1 is 0.451 bits per heavy atom. The van der Waals surface area contributed by atoms with Gasteiger partial charge >= 0.3 is 307 Å². The molecule has 6 aromatic rings. The molecule has 4 nitrogen and oxygen atoms in total. The van der Waals surface area contributed by atoms with Crippen molar-refractivity contribution in [2.75, 3.05) is 0 Å². The van der Waals surface area contributed by atoms with E-state index in [2.05, 4.69) is 97.1 Å². The second kappa shape index (κ2) is 13.8. The molecule has 0 aromatic heterocycles. The van der Waals surface area contributed by atoms with Gasteiger partial charge < -0.3 is 0 Å². The van der Waals surface area contributed by atoms with Crippen LogP contribution in [-0.2, 0) is 17.3 Å². The zero-order chi connectivity index (χ0) is 35.0. The van der Waals surface area contributed by atoms with E-state index >= 15 is 0 Å². The Labute approximate surface area is 305 Å². The number of halogens is 1. The molecule has 0 heterocycles. The fourth-order valence-electron chi connectivity index (χ4n) is 8.20. The number of benzene rings is 6. The second-order valence-corrected chi connectivity index (χ2v) is 39.0. The summed E-state index contributed by atoms with van der Waals surface area (Å²) in [4.78, 5) is 0. The molecule has 0 amide bonds. The Morgan fingerprint density at radius 3 is 0.902 bits per heavy atom. The van der Waals surface area contributed by atoms with Crippen LogP contribution >= 0.6 is 11.2 Å². The van der Waals surface area contributed by atoms with E-state index in [1.54, 1.807) is 0 Å². The Hall–Kier alpha value is -3.59. The van der Waals surface area contributed by atoms with Crippen LogP contribution in [0.2, 0.25) is 4.01 Å². The average molecular weight is 820 g/mol. The van der Waals surface area contributed by atoms with Gasteiger partial charge in [-0.1, -0.05) is 0 Å². The third-order valence-electron chi connectivity index (χ3n) is 10.00. The summed E-state index contributed by atoms with van der Waals surface area (Å²) in [7, 11) is -4.96. The first kappa shape index (κ1) is 34.5. The monoisotopic (exact) mass is 819 g/mol. The average Bonchev–Trinajstić information content (AvgIpc) is 3.81. The molecule has 8 rings (SSSR count). The molecule has 0 fully saturated rings. The van der Waals surface area contributed by atoms with Crippen molar-refractivity contribution in [3.8, 4) is 0 Å². The van der Waals surface area contributed by atoms with Gasteiger partial charge in [-0.3, -0.25) is 0 Å². The molecule has 0 radical (unpaired) electrons. The quantitative estimate of drug-likeness (QED) is 0.109. The van der Waals surface area contributed by atoms with Gasteiger partial charge in [0.2, 0.25) is 0 Å². The summed E-state index contributed by atoms with van der Waals surface area (Å²) < 4.78 is 48.9. The van der Waals surface area contributed by atoms with Crippen molar-refractivity contribution in [3.63, 3.8) is 0 Å². The molecule has 0 saturated carbocycles. The maximum absolute atomic E-state index is 14.2. The van der Waals surface area contributed by atoms with E-state index in [0.717, 1.165) is 31.8 Å². The van der Waals surface area contributed by atoms with E-state index in [1.807, 2.05) is 109 Å². The van der Waals surface area contributed by atoms with Gasteiger partial charge in [0.15, 0.2) is 0 Å². The first-order chi connectivity index (χ1) is 24.9. The summed E-state index contributed by atoms with van der Waals surface area (Å²) in [5, 5.41) is 6.13. The van der Waals surface area contributed by atoms with Crippen LogP contribution in [0.15, 0.2) is 206 Å². The number of rotatable bonds is 11. The minimum atomic E-state index is -4.96. The van der Waals surface area contributed by atoms with Crippen LogP contribution in [0.4, 0.5) is 0 Å². The van der Waals surface area contributed by atoms with Gasteiger partial charge in [-0.15, -0.1) is 0 Å². The van der Waals surface area contributed by atoms with Crippen molar-refractivity contribution in [3.05, 3.63) is 206 Å². The van der Waals surface area contributed by atoms with Gasteiger partial charge in [-0.2, -0.15) is 0 Å². The summed E-state index contributed by atoms with van der Waals surface area (Å²) in [6.07, 6.45) is 9.55. The molecule has 8 heteroatoms. The fourth-order valence-corrected chi connectivity index (χ4v) is 73.1. The topological polar surface area (TPSA) is 78.4 Å². The molecule has 0 spiro atoms. The van der Waals surface area contributed by atoms with Crippen LogP contribution in [-0.4, -0.2) is 0 Å². The van der Waals surface area contributed by atoms with Gasteiger partial charge in [0, 0.05) is 0 Å². The summed E-state index contributed by atoms with van der Waals surface area (Å²) in [5.74, 6) is 0.0974. The van der Waals surface area contributed by atoms with Crippen molar-refractivity contribution < 1.29 is 41.5 Å². The summed E-state index contributed by atoms with van der Waals surface area (Å²) in [6.45, 7) is 0. The molecule has 2 bridgehead atoms. The number of allylic oxidation sites excluding steroid dienone is 4. The number of fused-ring (bicyclic) bond motifs is 2. The third kappa shape index (κ3) is 5.38. The van der Waals surface area contributed by atoms with Crippen molar-refractivity contribution >= 4 is 43.0 Å². The van der Waals surface area contributed by atoms with Crippen LogP contribution in [0.3, 0.4) is 0 Å². The normalized spacial score (nSPS) is 20.8. The van der Waals surface area contributed by atoms with Gasteiger partial charge in [0.05, 0.1) is 0 Å². The summed E-state index contributed by atoms with van der Waals surface area (Å²) in [6, 6.07) is 62.4. The molecule has 0 atom stereocenters. The first-order valence-corrected chi connectivity index (χ1v) is 28.2. The Balaban J connectivity index is 1.75. The van der Waals surface area contributed by atoms with E-state index in [-0.39, 0.29) is 5.92 Å². The maximum atomic E-state index is 14.2. The summed E-state index contributed by atoms with van der Waals surface area (Å²) in [5.41, 5.74) is -7.64. The van der Waals surface area contributed by atoms with Gasteiger partial charge in [-0.25, -0.2) is 0 Å². The Bertz CT molecular complexity index is 1810. The number of hydrogen-bond donors (Lipinski definition) is 0. The molecule has 261 valence electrons. The number of hydrogen-bond acceptors (Lipinski definition) is 4. The van der Waals surface area contributed by atoms with Gasteiger partial charge in [-0.05, 0) is 0 Å². The molecule has 0 unspecified atom stereocenters. The van der Waals surface area contributed by atoms with Crippen LogP contribution in [0.25, 0.3) is 0 Å². The zero-order valence-electron chi connectivity index (χ0n) is 27.8. The molecule has 2 aliphatic rings. The standard InChI is InChI=1S/2C18H15P.C7H7.ClHO4.Rh/c2*1-4-10-16(11-5-1)19(17-12-6-2-7-13-17)18-14-8-3-9-15-18;1-2-7-4-3-6(1)5-7;2-1(3,4)5;/h2*1-15H;1-4,6H,5H2;(H,2,3,4,5);/q;;;;-1/p+1. The van der Waals surface area contributed by atoms with Crippen molar-refractivity contribution in [1.29, 1.82) is 0 Å². The van der Waals surface area contributed by atoms with Crippen LogP contribution in [0.1, 0.15) is 6.42 Å². The molecule has 6 aromatic carbocycles. The second-order valence-electron chi connectivity index (χ2n) is 12.8. The van der Waals surface area contributed by atoms with Crippen LogP contribution < -0.4 is 45.8 Å². The van der Waals surface area contributed by atoms with E-state index < -0.39 is 39.6 Å². The molecule has 51 heavy (non-hydrogen) atoms. The predicted octanol–water partition coefficient (Wildman–Crippen LogP) is 4.56. The van der Waals surface area contributed by atoms with E-state index in [1.165, 1.54) is 0 Å². The Kier molecular flexibility index (Phi) is 9.31. The SMILES string of the molecule is [O-][Cl+3]([O-])([O-])[O][Rh]([C]12C=CC(C=C1)C2)([PH](c1ccccc1)(c1ccccc1)c1ccccc1)[PH](c1ccccc1)(c1ccccc1)c1ccccc1. The first-order valence-electron chi connectivity index (χ1n) is 16.9. The van der Waals surface area contributed by atoms with Crippen molar-refractivity contribution in [1.82, 2.24) is 0 Å². The van der Waals surface area contributed by atoms with Crippen molar-refractivity contribution in [2.24, 2.45) is 5.92 Å². The minimum absolute atomic E-state index is 0.0974. The van der Waals surface area contributed by atoms with Gasteiger partial charge in [0.1, 0.15) is 0 Å². The van der Waals surface area contributed by atoms with E-state index in [0.29, 0.717) is 6.42 Å². The third-order valence-corrected chi connectivity index (χ3v) is 56.7. The van der Waals surface area contributed by atoms with Gasteiger partial charge in [0.25, 0.3) is 0 Å². The molecule has 0 aliphatic heterocycles. The van der Waals surface area contributed by atoms with E-state index in [4.69, 9.17) is 3.12 Å². The Morgan fingerprint density at radius 2 is 0.706 bits per heavy atom. The molecule has 2 aliphatic carbocycles. The molecular weight excluding hydrogens is 781 g/mol. The summed E-state index contributed by atoms with van der Waals surface area (Å²) >= 11 is -4.83. The predicted molar refractivity (Wildman–Crippen MR) is 203 cm³/mol. The zero-order valence-corrected chi connectivity index (χ0v) is 32.2. The fraction of sp³-hybridized carbons (Fsp3) is 0.0698. The van der Waals surface area contributed by atoms with Crippen LogP contribution in [0, 0.1) is 16.2 Å².